The van der Waals surface area contributed by atoms with Crippen LogP contribution in [0.15, 0.2) is 27.9 Å². The van der Waals surface area contributed by atoms with Crippen LogP contribution in [0.25, 0.3) is 0 Å². The molecule has 1 aromatic heterocycles. The van der Waals surface area contributed by atoms with Crippen LogP contribution in [0.1, 0.15) is 60.5 Å². The molecule has 1 aromatic carbocycles. The summed E-state index contributed by atoms with van der Waals surface area (Å²) in [6, 6.07) is 1.31. The highest BCUT2D eigenvalue weighted by atomic mass is 32.2. The fourth-order valence-corrected chi connectivity index (χ4v) is 4.56. The minimum absolute atomic E-state index is 0.0241. The first-order valence-corrected chi connectivity index (χ1v) is 12.2. The molecular weight excluding hydrogens is 497 g/mol. The third kappa shape index (κ3) is 5.49. The Morgan fingerprint density at radius 3 is 2.46 bits per heavy atom. The summed E-state index contributed by atoms with van der Waals surface area (Å²) in [5, 5.41) is 3.47. The van der Waals surface area contributed by atoms with Gasteiger partial charge in [-0.05, 0) is 56.2 Å². The number of hydrogen-bond donors (Lipinski definition) is 1. The van der Waals surface area contributed by atoms with E-state index < -0.39 is 57.4 Å². The smallest absolute Gasteiger partial charge is 0.422 e. The number of carbonyl (C=O) groups is 2. The van der Waals surface area contributed by atoms with E-state index in [4.69, 9.17) is 4.74 Å². The van der Waals surface area contributed by atoms with Gasteiger partial charge in [-0.2, -0.15) is 13.2 Å². The van der Waals surface area contributed by atoms with Gasteiger partial charge >= 0.3 is 29.9 Å². The molecule has 0 spiro atoms. The number of rotatable bonds is 8. The molecule has 15 heteroatoms. The molecule has 190 valence electrons. The quantitative estimate of drug-likeness (QED) is 0.526. The topological polar surface area (TPSA) is 139 Å². The second kappa shape index (κ2) is 9.02. The third-order valence-electron chi connectivity index (χ3n) is 5.31. The number of nitrogens with one attached hydrogen (secondary N) is 1. The Hall–Kier alpha value is -3.36. The highest BCUT2D eigenvalue weighted by molar-refractivity contribution is 7.90. The number of benzene rings is 1. The number of sulfonamides is 1. The van der Waals surface area contributed by atoms with E-state index in [0.717, 1.165) is 17.4 Å². The Bertz CT molecular complexity index is 1330. The van der Waals surface area contributed by atoms with Gasteiger partial charge in [0, 0.05) is 6.04 Å². The fourth-order valence-electron chi connectivity index (χ4n) is 3.41. The summed E-state index contributed by atoms with van der Waals surface area (Å²) in [6.07, 6.45) is -2.16. The van der Waals surface area contributed by atoms with E-state index in [2.05, 4.69) is 9.84 Å². The van der Waals surface area contributed by atoms with E-state index in [1.165, 1.54) is 19.1 Å². The van der Waals surface area contributed by atoms with Crippen molar-refractivity contribution in [3.05, 3.63) is 39.8 Å². The van der Waals surface area contributed by atoms with Gasteiger partial charge in [0.2, 0.25) is 0 Å². The average molecular weight is 518 g/mol. The molecular formula is C20H21F3N4O7S. The minimum atomic E-state index is -4.73. The molecule has 2 aromatic rings. The second-order valence-corrected chi connectivity index (χ2v) is 9.79. The maximum absolute atomic E-state index is 13.1. The van der Waals surface area contributed by atoms with Crippen LogP contribution in [0.2, 0.25) is 0 Å². The van der Waals surface area contributed by atoms with Crippen molar-refractivity contribution in [2.75, 3.05) is 13.2 Å². The molecule has 4 rings (SSSR count). The van der Waals surface area contributed by atoms with E-state index in [9.17, 15) is 36.0 Å². The third-order valence-corrected chi connectivity index (χ3v) is 6.67. The van der Waals surface area contributed by atoms with Crippen LogP contribution in [0.5, 0.6) is 6.01 Å². The number of carbonyl (C=O) groups excluding carboxylic acids is 2. The van der Waals surface area contributed by atoms with Gasteiger partial charge in [-0.3, -0.25) is 0 Å². The molecule has 11 nitrogen and oxygen atoms in total. The Morgan fingerprint density at radius 1 is 1.20 bits per heavy atom. The van der Waals surface area contributed by atoms with Gasteiger partial charge in [-0.25, -0.2) is 32.1 Å². The summed E-state index contributed by atoms with van der Waals surface area (Å²) in [7, 11) is -4.72. The van der Waals surface area contributed by atoms with Crippen molar-refractivity contribution in [2.45, 2.75) is 55.6 Å². The van der Waals surface area contributed by atoms with Gasteiger partial charge < -0.3 is 9.47 Å². The molecule has 1 amide bonds. The Kier molecular flexibility index (Phi) is 6.38. The molecule has 0 saturated heterocycles. The summed E-state index contributed by atoms with van der Waals surface area (Å²) in [5.74, 6) is -0.818. The number of nitrogens with zero attached hydrogens (tertiary/aromatic N) is 3. The zero-order valence-electron chi connectivity index (χ0n) is 18.4. The van der Waals surface area contributed by atoms with Crippen LogP contribution in [0.3, 0.4) is 0 Å². The number of halogens is 3. The molecule has 2 aliphatic carbocycles. The van der Waals surface area contributed by atoms with Crippen molar-refractivity contribution in [3.63, 3.8) is 0 Å². The summed E-state index contributed by atoms with van der Waals surface area (Å²) in [5.41, 5.74) is -0.833. The molecule has 0 radical (unpaired) electrons. The largest absolute Gasteiger partial charge is 0.462 e. The van der Waals surface area contributed by atoms with Gasteiger partial charge in [0.05, 0.1) is 12.2 Å². The molecule has 1 N–H and O–H groups in total. The van der Waals surface area contributed by atoms with Crippen LogP contribution in [0.4, 0.5) is 18.0 Å². The molecule has 2 fully saturated rings. The lowest BCUT2D eigenvalue weighted by atomic mass is 10.1. The predicted molar refractivity (Wildman–Crippen MR) is 112 cm³/mol. The van der Waals surface area contributed by atoms with Crippen molar-refractivity contribution >= 4 is 22.0 Å². The maximum Gasteiger partial charge on any atom is 0.422 e. The molecule has 1 heterocycles. The number of aromatic nitrogens is 3. The zero-order valence-corrected chi connectivity index (χ0v) is 19.2. The predicted octanol–water partition coefficient (Wildman–Crippen LogP) is 2.32. The van der Waals surface area contributed by atoms with Crippen molar-refractivity contribution in [1.29, 1.82) is 0 Å². The summed E-state index contributed by atoms with van der Waals surface area (Å²) >= 11 is 0. The summed E-state index contributed by atoms with van der Waals surface area (Å²) < 4.78 is 75.9. The van der Waals surface area contributed by atoms with Crippen LogP contribution >= 0.6 is 0 Å². The first kappa shape index (κ1) is 24.8. The summed E-state index contributed by atoms with van der Waals surface area (Å²) in [6.45, 7) is -0.246. The van der Waals surface area contributed by atoms with Crippen LogP contribution in [-0.4, -0.2) is 54.2 Å². The molecule has 0 unspecified atom stereocenters. The Morgan fingerprint density at radius 2 is 1.89 bits per heavy atom. The first-order valence-electron chi connectivity index (χ1n) is 10.7. The molecule has 2 aliphatic rings. The molecule has 0 aliphatic heterocycles. The zero-order chi connectivity index (χ0) is 25.5. The lowest BCUT2D eigenvalue weighted by molar-refractivity contribution is -0.155. The number of ether oxygens (including phenoxy) is 2. The number of esters is 1. The Balaban J connectivity index is 1.65. The first-order chi connectivity index (χ1) is 16.4. The average Bonchev–Trinajstić information content (AvgIpc) is 3.69. The highest BCUT2D eigenvalue weighted by Gasteiger charge is 2.36. The second-order valence-electron chi connectivity index (χ2n) is 8.14. The van der Waals surface area contributed by atoms with Crippen molar-refractivity contribution in [1.82, 2.24) is 19.1 Å². The maximum atomic E-state index is 13.1. The molecule has 0 bridgehead atoms. The Labute approximate surface area is 196 Å². The highest BCUT2D eigenvalue weighted by Crippen LogP contribution is 2.41. The van der Waals surface area contributed by atoms with Gasteiger partial charge in [-0.15, -0.1) is 9.78 Å². The lowest BCUT2D eigenvalue weighted by Gasteiger charge is -2.12. The SMILES string of the molecule is CCOC(=O)c1ccc(C2CC2)cc1S(=O)(=O)NC(=O)n1nc(OCC(F)(F)F)n(C2CC2)c1=O. The standard InChI is InChI=1S/C20H21F3N4O7S/c1-2-33-16(28)14-8-5-12(11-3-4-11)9-15(14)35(31,32)25-17(29)27-19(30)26(13-6-7-13)18(24-27)34-10-20(21,22)23/h5,8-9,11,13H,2-4,6-7,10H2,1H3,(H,25,29). The van der Waals surface area contributed by atoms with Crippen molar-refractivity contribution < 1.29 is 40.7 Å². The van der Waals surface area contributed by atoms with E-state index in [0.29, 0.717) is 18.4 Å². The number of alkyl halides is 3. The van der Waals surface area contributed by atoms with Gasteiger partial charge in [-0.1, -0.05) is 6.07 Å². The van der Waals surface area contributed by atoms with Gasteiger partial charge in [0.15, 0.2) is 6.61 Å². The van der Waals surface area contributed by atoms with Gasteiger partial charge in [0.25, 0.3) is 10.0 Å². The van der Waals surface area contributed by atoms with Crippen LogP contribution in [-0.2, 0) is 14.8 Å². The lowest BCUT2D eigenvalue weighted by Crippen LogP contribution is -2.41. The molecule has 35 heavy (non-hydrogen) atoms. The van der Waals surface area contributed by atoms with Crippen molar-refractivity contribution in [3.8, 4) is 6.01 Å². The normalized spacial score (nSPS) is 16.1. The van der Waals surface area contributed by atoms with Crippen molar-refractivity contribution in [2.24, 2.45) is 0 Å². The minimum Gasteiger partial charge on any atom is -0.462 e. The molecule has 2 saturated carbocycles. The summed E-state index contributed by atoms with van der Waals surface area (Å²) in [4.78, 5) is 37.1. The van der Waals surface area contributed by atoms with E-state index >= 15 is 0 Å². The van der Waals surface area contributed by atoms with E-state index in [-0.39, 0.29) is 22.8 Å². The number of amides is 1. The van der Waals surface area contributed by atoms with Gasteiger partial charge in [0.1, 0.15) is 4.90 Å². The monoisotopic (exact) mass is 518 g/mol. The van der Waals surface area contributed by atoms with E-state index in [1.54, 1.807) is 10.8 Å². The van der Waals surface area contributed by atoms with Crippen LogP contribution < -0.4 is 15.1 Å². The van der Waals surface area contributed by atoms with E-state index in [1.807, 2.05) is 0 Å². The number of hydrogen-bond acceptors (Lipinski definition) is 8. The van der Waals surface area contributed by atoms with Crippen LogP contribution in [0, 0.1) is 0 Å². The fraction of sp³-hybridized carbons (Fsp3) is 0.500. The molecule has 0 atom stereocenters.